The maximum Gasteiger partial charge on any atom is 0.134 e. The number of benzene rings is 2. The second-order valence-corrected chi connectivity index (χ2v) is 9.18. The maximum atomic E-state index is 9.92. The molecule has 0 amide bonds. The SMILES string of the molecule is Oc1ccc(C2(c3ccc(O)c(Cl)c3)CC3CC2C2CCCC32)cc1Cl. The van der Waals surface area contributed by atoms with Crippen LogP contribution in [0.2, 0.25) is 10.0 Å². The molecule has 0 spiro atoms. The Morgan fingerprint density at radius 1 is 0.846 bits per heavy atom. The molecule has 5 rings (SSSR count). The molecule has 0 heterocycles. The first-order valence-corrected chi connectivity index (χ1v) is 10.2. The molecule has 0 aromatic heterocycles. The highest BCUT2D eigenvalue weighted by Gasteiger charge is 2.61. The van der Waals surface area contributed by atoms with E-state index in [0.717, 1.165) is 24.2 Å². The van der Waals surface area contributed by atoms with Crippen LogP contribution < -0.4 is 0 Å². The first kappa shape index (κ1) is 16.8. The second kappa shape index (κ2) is 5.81. The van der Waals surface area contributed by atoms with Crippen molar-refractivity contribution in [3.63, 3.8) is 0 Å². The van der Waals surface area contributed by atoms with Crippen molar-refractivity contribution in [2.75, 3.05) is 0 Å². The highest BCUT2D eigenvalue weighted by molar-refractivity contribution is 6.32. The van der Waals surface area contributed by atoms with E-state index in [4.69, 9.17) is 23.2 Å². The van der Waals surface area contributed by atoms with Crippen molar-refractivity contribution >= 4 is 23.2 Å². The molecule has 2 bridgehead atoms. The summed E-state index contributed by atoms with van der Waals surface area (Å²) in [5, 5.41) is 20.6. The normalized spacial score (nSPS) is 31.3. The smallest absolute Gasteiger partial charge is 0.134 e. The van der Waals surface area contributed by atoms with Gasteiger partial charge in [0.25, 0.3) is 0 Å². The third kappa shape index (κ3) is 2.18. The van der Waals surface area contributed by atoms with Gasteiger partial charge >= 0.3 is 0 Å². The van der Waals surface area contributed by atoms with Crippen molar-refractivity contribution in [2.24, 2.45) is 23.7 Å². The van der Waals surface area contributed by atoms with Crippen LogP contribution in [-0.4, -0.2) is 10.2 Å². The topological polar surface area (TPSA) is 40.5 Å². The lowest BCUT2D eigenvalue weighted by molar-refractivity contribution is 0.181. The fourth-order valence-corrected chi connectivity index (χ4v) is 6.90. The van der Waals surface area contributed by atoms with Gasteiger partial charge < -0.3 is 10.2 Å². The molecular formula is C22H22Cl2O2. The lowest BCUT2D eigenvalue weighted by Crippen LogP contribution is -2.40. The van der Waals surface area contributed by atoms with Gasteiger partial charge in [-0.2, -0.15) is 0 Å². The third-order valence-corrected chi connectivity index (χ3v) is 8.05. The minimum atomic E-state index is -0.134. The molecule has 3 fully saturated rings. The Hall–Kier alpha value is -1.38. The molecule has 3 aliphatic rings. The van der Waals surface area contributed by atoms with Gasteiger partial charge in [-0.1, -0.05) is 41.8 Å². The molecule has 0 aliphatic heterocycles. The van der Waals surface area contributed by atoms with Gasteiger partial charge in [0, 0.05) is 5.41 Å². The number of phenols is 2. The van der Waals surface area contributed by atoms with Crippen molar-refractivity contribution in [3.05, 3.63) is 57.6 Å². The van der Waals surface area contributed by atoms with E-state index < -0.39 is 0 Å². The van der Waals surface area contributed by atoms with E-state index in [0.29, 0.717) is 16.0 Å². The van der Waals surface area contributed by atoms with E-state index in [1.165, 1.54) is 36.8 Å². The number of rotatable bonds is 2. The van der Waals surface area contributed by atoms with Gasteiger partial charge in [0.15, 0.2) is 0 Å². The van der Waals surface area contributed by atoms with Crippen molar-refractivity contribution in [1.82, 2.24) is 0 Å². The van der Waals surface area contributed by atoms with Crippen molar-refractivity contribution in [2.45, 2.75) is 37.5 Å². The van der Waals surface area contributed by atoms with Crippen LogP contribution in [0.25, 0.3) is 0 Å². The summed E-state index contributed by atoms with van der Waals surface area (Å²) in [5.41, 5.74) is 2.20. The number of halogens is 2. The average molecular weight is 389 g/mol. The molecule has 136 valence electrons. The van der Waals surface area contributed by atoms with E-state index >= 15 is 0 Å². The van der Waals surface area contributed by atoms with Gasteiger partial charge in [0.1, 0.15) is 11.5 Å². The monoisotopic (exact) mass is 388 g/mol. The van der Waals surface area contributed by atoms with Gasteiger partial charge in [-0.25, -0.2) is 0 Å². The van der Waals surface area contributed by atoms with Crippen LogP contribution in [0.1, 0.15) is 43.2 Å². The summed E-state index contributed by atoms with van der Waals surface area (Å²) in [4.78, 5) is 0. The molecule has 4 atom stereocenters. The summed E-state index contributed by atoms with van der Waals surface area (Å²) >= 11 is 12.6. The number of fused-ring (bicyclic) bond motifs is 5. The van der Waals surface area contributed by atoms with Gasteiger partial charge in [-0.05, 0) is 84.7 Å². The van der Waals surface area contributed by atoms with Gasteiger partial charge in [-0.15, -0.1) is 0 Å². The zero-order valence-electron chi connectivity index (χ0n) is 14.5. The van der Waals surface area contributed by atoms with Crippen LogP contribution in [0.15, 0.2) is 36.4 Å². The number of phenolic OH excluding ortho intramolecular Hbond substituents is 2. The molecule has 2 N–H and O–H groups in total. The van der Waals surface area contributed by atoms with Gasteiger partial charge in [0.2, 0.25) is 0 Å². The summed E-state index contributed by atoms with van der Waals surface area (Å²) in [7, 11) is 0. The van der Waals surface area contributed by atoms with Crippen LogP contribution in [-0.2, 0) is 5.41 Å². The first-order valence-electron chi connectivity index (χ1n) is 9.48. The number of hydrogen-bond donors (Lipinski definition) is 2. The zero-order chi connectivity index (χ0) is 18.1. The molecule has 2 nitrogen and oxygen atoms in total. The average Bonchev–Trinajstić information content (AvgIpc) is 3.31. The van der Waals surface area contributed by atoms with E-state index in [9.17, 15) is 10.2 Å². The number of aromatic hydroxyl groups is 2. The van der Waals surface area contributed by atoms with Crippen LogP contribution in [0, 0.1) is 23.7 Å². The third-order valence-electron chi connectivity index (χ3n) is 7.45. The minimum absolute atomic E-state index is 0.121. The fourth-order valence-electron chi connectivity index (χ4n) is 6.54. The fraction of sp³-hybridized carbons (Fsp3) is 0.455. The van der Waals surface area contributed by atoms with Crippen LogP contribution in [0.4, 0.5) is 0 Å². The van der Waals surface area contributed by atoms with Gasteiger partial charge in [-0.3, -0.25) is 0 Å². The summed E-state index contributed by atoms with van der Waals surface area (Å²) in [6, 6.07) is 11.3. The molecule has 3 aliphatic carbocycles. The van der Waals surface area contributed by atoms with Gasteiger partial charge in [0.05, 0.1) is 10.0 Å². The molecule has 4 unspecified atom stereocenters. The largest absolute Gasteiger partial charge is 0.506 e. The molecule has 26 heavy (non-hydrogen) atoms. The van der Waals surface area contributed by atoms with E-state index in [2.05, 4.69) is 0 Å². The predicted molar refractivity (Wildman–Crippen MR) is 104 cm³/mol. The van der Waals surface area contributed by atoms with E-state index in [1.807, 2.05) is 24.3 Å². The Kier molecular flexibility index (Phi) is 3.75. The predicted octanol–water partition coefficient (Wildman–Crippen LogP) is 6.15. The molecule has 2 aromatic carbocycles. The van der Waals surface area contributed by atoms with Crippen LogP contribution in [0.5, 0.6) is 11.5 Å². The lowest BCUT2D eigenvalue weighted by Gasteiger charge is -2.44. The highest BCUT2D eigenvalue weighted by atomic mass is 35.5. The Labute approximate surface area is 163 Å². The quantitative estimate of drug-likeness (QED) is 0.647. The molecule has 0 radical (unpaired) electrons. The van der Waals surface area contributed by atoms with E-state index in [-0.39, 0.29) is 16.9 Å². The van der Waals surface area contributed by atoms with Crippen LogP contribution in [0.3, 0.4) is 0 Å². The Morgan fingerprint density at radius 2 is 1.42 bits per heavy atom. The summed E-state index contributed by atoms with van der Waals surface area (Å²) in [5.74, 6) is 3.18. The van der Waals surface area contributed by atoms with Crippen molar-refractivity contribution in [3.8, 4) is 11.5 Å². The minimum Gasteiger partial charge on any atom is -0.506 e. The Balaban J connectivity index is 1.71. The van der Waals surface area contributed by atoms with Crippen LogP contribution >= 0.6 is 23.2 Å². The summed E-state index contributed by atoms with van der Waals surface area (Å²) in [6.45, 7) is 0. The molecule has 0 saturated heterocycles. The first-order chi connectivity index (χ1) is 12.5. The molecule has 4 heteroatoms. The second-order valence-electron chi connectivity index (χ2n) is 8.37. The summed E-state index contributed by atoms with van der Waals surface area (Å²) < 4.78 is 0. The van der Waals surface area contributed by atoms with E-state index in [1.54, 1.807) is 12.1 Å². The number of hydrogen-bond acceptors (Lipinski definition) is 2. The Bertz CT molecular complexity index is 827. The van der Waals surface area contributed by atoms with Crippen molar-refractivity contribution < 1.29 is 10.2 Å². The van der Waals surface area contributed by atoms with Crippen molar-refractivity contribution in [1.29, 1.82) is 0 Å². The maximum absolute atomic E-state index is 9.92. The molecule has 2 aromatic rings. The molecule has 3 saturated carbocycles. The standard InChI is InChI=1S/C22H22Cl2O2/c23-18-9-13(4-6-20(18)25)22(14-5-7-21(26)19(24)10-14)11-12-8-17(22)16-3-1-2-15(12)16/h4-7,9-10,12,15-17,25-26H,1-3,8,11H2. The zero-order valence-corrected chi connectivity index (χ0v) is 16.0. The highest BCUT2D eigenvalue weighted by Crippen LogP contribution is 2.68. The lowest BCUT2D eigenvalue weighted by atomic mass is 9.59. The Morgan fingerprint density at radius 3 is 2.00 bits per heavy atom. The summed E-state index contributed by atoms with van der Waals surface area (Å²) in [6.07, 6.45) is 6.37. The molecular weight excluding hydrogens is 367 g/mol.